The van der Waals surface area contributed by atoms with Gasteiger partial charge in [-0.2, -0.15) is 5.10 Å². The van der Waals surface area contributed by atoms with Crippen LogP contribution in [0, 0.1) is 0 Å². The van der Waals surface area contributed by atoms with E-state index in [2.05, 4.69) is 72.8 Å². The summed E-state index contributed by atoms with van der Waals surface area (Å²) in [4.78, 5) is 27.7. The van der Waals surface area contributed by atoms with Crippen molar-refractivity contribution in [1.29, 1.82) is 0 Å². The normalized spacial score (nSPS) is 10.1. The molecule has 0 aromatic carbocycles. The van der Waals surface area contributed by atoms with E-state index in [1.165, 1.54) is 6.20 Å². The molecule has 8 nitrogen and oxygen atoms in total. The Balaban J connectivity index is 0.000000244. The highest BCUT2D eigenvalue weighted by atomic mass is 79.9. The van der Waals surface area contributed by atoms with E-state index in [0.717, 1.165) is 14.8 Å². The Morgan fingerprint density at radius 3 is 2.07 bits per heavy atom. The van der Waals surface area contributed by atoms with Gasteiger partial charge >= 0.3 is 5.97 Å². The molecule has 0 spiro atoms. The minimum atomic E-state index is -0.375. The van der Waals surface area contributed by atoms with Crippen LogP contribution >= 0.6 is 47.8 Å². The number of hydrogen-bond acceptors (Lipinski definition) is 7. The fourth-order valence-corrected chi connectivity index (χ4v) is 2.44. The van der Waals surface area contributed by atoms with Crippen LogP contribution < -0.4 is 0 Å². The second-order valence-electron chi connectivity index (χ2n) is 4.92. The average Bonchev–Trinajstić information content (AvgIpc) is 3.14. The molecule has 0 unspecified atom stereocenters. The van der Waals surface area contributed by atoms with E-state index in [4.69, 9.17) is 4.74 Å². The number of carbonyl (C=O) groups excluding carboxylic acids is 1. The molecule has 3 aromatic heterocycles. The molecule has 0 saturated carbocycles. The number of esters is 1. The van der Waals surface area contributed by atoms with E-state index in [1.54, 1.807) is 42.6 Å². The Morgan fingerprint density at radius 2 is 1.56 bits per heavy atom. The largest absolute Gasteiger partial charge is 0.462 e. The zero-order valence-electron chi connectivity index (χ0n) is 14.2. The first-order chi connectivity index (χ1) is 13.0. The monoisotopic (exact) mass is 560 g/mol. The molecule has 0 saturated heterocycles. The molecule has 0 aliphatic rings. The van der Waals surface area contributed by atoms with Crippen LogP contribution in [0.5, 0.6) is 0 Å². The fourth-order valence-electron chi connectivity index (χ4n) is 1.74. The lowest BCUT2D eigenvalue weighted by Gasteiger charge is -2.00. The number of rotatable bonds is 5. The lowest BCUT2D eigenvalue weighted by Crippen LogP contribution is -2.05. The van der Waals surface area contributed by atoms with Crippen molar-refractivity contribution < 1.29 is 9.53 Å². The number of carbonyl (C=O) groups is 1. The van der Waals surface area contributed by atoms with Crippen LogP contribution in [0.2, 0.25) is 0 Å². The van der Waals surface area contributed by atoms with Crippen molar-refractivity contribution in [3.8, 4) is 0 Å². The van der Waals surface area contributed by atoms with Crippen LogP contribution in [-0.4, -0.2) is 42.3 Å². The predicted octanol–water partition coefficient (Wildman–Crippen LogP) is 3.79. The molecule has 0 N–H and O–H groups in total. The van der Waals surface area contributed by atoms with Gasteiger partial charge in [-0.1, -0.05) is 15.9 Å². The molecule has 142 valence electrons. The van der Waals surface area contributed by atoms with Crippen LogP contribution in [0.15, 0.2) is 46.1 Å². The maximum atomic E-state index is 11.4. The first-order valence-corrected chi connectivity index (χ1v) is 10.4. The van der Waals surface area contributed by atoms with E-state index in [0.29, 0.717) is 29.9 Å². The molecule has 0 aliphatic heterocycles. The SMILES string of the molecule is BrCc1ncc(Br)cn1.CCOC(=O)c1cnn(Cc2ncc(Br)cn2)c1. The van der Waals surface area contributed by atoms with Gasteiger partial charge in [0.15, 0.2) is 0 Å². The molecule has 0 bridgehead atoms. The van der Waals surface area contributed by atoms with Gasteiger partial charge in [-0.05, 0) is 38.8 Å². The van der Waals surface area contributed by atoms with Crippen molar-refractivity contribution in [3.05, 3.63) is 63.3 Å². The third-order valence-corrected chi connectivity index (χ3v) is 4.24. The number of halogens is 3. The van der Waals surface area contributed by atoms with E-state index < -0.39 is 0 Å². The van der Waals surface area contributed by atoms with Crippen LogP contribution in [0.4, 0.5) is 0 Å². The summed E-state index contributed by atoms with van der Waals surface area (Å²) in [5, 5.41) is 4.77. The number of nitrogens with zero attached hydrogens (tertiary/aromatic N) is 6. The fraction of sp³-hybridized carbons (Fsp3) is 0.250. The summed E-state index contributed by atoms with van der Waals surface area (Å²) in [6.45, 7) is 2.52. The molecule has 0 radical (unpaired) electrons. The Kier molecular flexibility index (Phi) is 8.95. The van der Waals surface area contributed by atoms with Crippen molar-refractivity contribution in [2.45, 2.75) is 18.8 Å². The summed E-state index contributed by atoms with van der Waals surface area (Å²) >= 11 is 9.74. The minimum Gasteiger partial charge on any atom is -0.462 e. The minimum absolute atomic E-state index is 0.347. The topological polar surface area (TPSA) is 95.7 Å². The second kappa shape index (κ2) is 11.2. The van der Waals surface area contributed by atoms with E-state index in [-0.39, 0.29) is 5.97 Å². The quantitative estimate of drug-likeness (QED) is 0.345. The molecule has 0 aliphatic carbocycles. The third kappa shape index (κ3) is 7.43. The standard InChI is InChI=1S/C11H11BrN4O2.C5H4Br2N2/c1-2-18-11(17)8-3-15-16(6-8)7-10-13-4-9(12)5-14-10;6-1-5-8-2-4(7)3-9-5/h3-6H,2,7H2,1H3;2-3H,1H2. The van der Waals surface area contributed by atoms with Gasteiger partial charge in [-0.15, -0.1) is 0 Å². The van der Waals surface area contributed by atoms with Crippen LogP contribution in [0.3, 0.4) is 0 Å². The van der Waals surface area contributed by atoms with E-state index in [9.17, 15) is 4.79 Å². The molecule has 0 atom stereocenters. The lowest BCUT2D eigenvalue weighted by atomic mass is 10.4. The Hall–Kier alpha value is -1.72. The highest BCUT2D eigenvalue weighted by Crippen LogP contribution is 2.07. The predicted molar refractivity (Wildman–Crippen MR) is 109 cm³/mol. The number of aromatic nitrogens is 6. The van der Waals surface area contributed by atoms with E-state index >= 15 is 0 Å². The Bertz CT molecular complexity index is 855. The Labute approximate surface area is 181 Å². The van der Waals surface area contributed by atoms with Crippen molar-refractivity contribution in [2.24, 2.45) is 0 Å². The zero-order chi connectivity index (χ0) is 19.6. The molecular formula is C16H15Br3N6O2. The molecule has 27 heavy (non-hydrogen) atoms. The zero-order valence-corrected chi connectivity index (χ0v) is 19.0. The number of ether oxygens (including phenoxy) is 1. The summed E-state index contributed by atoms with van der Waals surface area (Å²) in [5.41, 5.74) is 0.425. The summed E-state index contributed by atoms with van der Waals surface area (Å²) in [6.07, 6.45) is 9.86. The van der Waals surface area contributed by atoms with Crippen LogP contribution in [0.1, 0.15) is 28.9 Å². The van der Waals surface area contributed by atoms with Gasteiger partial charge in [0.1, 0.15) is 18.2 Å². The summed E-state index contributed by atoms with van der Waals surface area (Å²) in [6, 6.07) is 0. The number of hydrogen-bond donors (Lipinski definition) is 0. The van der Waals surface area contributed by atoms with Crippen molar-refractivity contribution in [2.75, 3.05) is 6.61 Å². The van der Waals surface area contributed by atoms with Gasteiger partial charge in [0.25, 0.3) is 0 Å². The molecular weight excluding hydrogens is 548 g/mol. The third-order valence-electron chi connectivity index (χ3n) is 2.91. The van der Waals surface area contributed by atoms with Gasteiger partial charge in [-0.3, -0.25) is 4.68 Å². The summed E-state index contributed by atoms with van der Waals surface area (Å²) in [7, 11) is 0. The van der Waals surface area contributed by atoms with E-state index in [1.807, 2.05) is 0 Å². The second-order valence-corrected chi connectivity index (χ2v) is 7.31. The first kappa shape index (κ1) is 21.6. The van der Waals surface area contributed by atoms with Crippen molar-refractivity contribution >= 4 is 53.8 Å². The van der Waals surface area contributed by atoms with Crippen molar-refractivity contribution in [1.82, 2.24) is 29.7 Å². The van der Waals surface area contributed by atoms with Gasteiger partial charge in [-0.25, -0.2) is 24.7 Å². The maximum Gasteiger partial charge on any atom is 0.341 e. The molecule has 11 heteroatoms. The average molecular weight is 563 g/mol. The number of alkyl halides is 1. The van der Waals surface area contributed by atoms with Gasteiger partial charge in [0.2, 0.25) is 0 Å². The van der Waals surface area contributed by atoms with Crippen LogP contribution in [-0.2, 0) is 16.6 Å². The first-order valence-electron chi connectivity index (χ1n) is 7.70. The molecule has 3 aromatic rings. The van der Waals surface area contributed by atoms with Crippen molar-refractivity contribution in [3.63, 3.8) is 0 Å². The maximum absolute atomic E-state index is 11.4. The molecule has 3 heterocycles. The van der Waals surface area contributed by atoms with Gasteiger partial charge < -0.3 is 4.74 Å². The molecule has 0 fully saturated rings. The smallest absolute Gasteiger partial charge is 0.341 e. The molecule has 3 rings (SSSR count). The molecule has 0 amide bonds. The summed E-state index contributed by atoms with van der Waals surface area (Å²) < 4.78 is 8.20. The Morgan fingerprint density at radius 1 is 1.00 bits per heavy atom. The highest BCUT2D eigenvalue weighted by molar-refractivity contribution is 9.10. The summed E-state index contributed by atoms with van der Waals surface area (Å²) in [5.74, 6) is 1.05. The van der Waals surface area contributed by atoms with Gasteiger partial charge in [0.05, 0.1) is 32.6 Å². The van der Waals surface area contributed by atoms with Gasteiger partial charge in [0, 0.05) is 31.0 Å². The highest BCUT2D eigenvalue weighted by Gasteiger charge is 2.09. The van der Waals surface area contributed by atoms with Crippen LogP contribution in [0.25, 0.3) is 0 Å². The lowest BCUT2D eigenvalue weighted by molar-refractivity contribution is 0.0526.